The summed E-state index contributed by atoms with van der Waals surface area (Å²) in [5.41, 5.74) is 0. The third-order valence-corrected chi connectivity index (χ3v) is 4.66. The van der Waals surface area contributed by atoms with Gasteiger partial charge in [0.25, 0.3) is 0 Å². The Bertz CT molecular complexity index is 726. The minimum absolute atomic E-state index is 0. The van der Waals surface area contributed by atoms with Crippen LogP contribution in [0.1, 0.15) is 47.5 Å². The van der Waals surface area contributed by atoms with E-state index in [1.165, 1.54) is 11.0 Å². The molecule has 0 spiro atoms. The molecule has 9 heteroatoms. The van der Waals surface area contributed by atoms with Crippen LogP contribution in [0, 0.1) is 13.8 Å². The summed E-state index contributed by atoms with van der Waals surface area (Å²) in [5, 5.41) is 8.83. The second-order valence-corrected chi connectivity index (χ2v) is 7.65. The Morgan fingerprint density at radius 1 is 1.03 bits per heavy atom. The van der Waals surface area contributed by atoms with Gasteiger partial charge in [-0.2, -0.15) is 0 Å². The van der Waals surface area contributed by atoms with E-state index >= 15 is 0 Å². The largest absolute Gasteiger partial charge is 0.466 e. The highest BCUT2D eigenvalue weighted by Crippen LogP contribution is 2.13. The van der Waals surface area contributed by atoms with E-state index in [-0.39, 0.29) is 19.4 Å². The summed E-state index contributed by atoms with van der Waals surface area (Å²) in [6, 6.07) is 0. The second kappa shape index (κ2) is 18.0. The molecule has 0 amide bonds. The molecule has 2 aromatic heterocycles. The van der Waals surface area contributed by atoms with Crippen molar-refractivity contribution in [2.24, 2.45) is 0 Å². The molecule has 0 radical (unpaired) electrons. The molecule has 0 aliphatic rings. The summed E-state index contributed by atoms with van der Waals surface area (Å²) >= 11 is 3.17. The second-order valence-electron chi connectivity index (χ2n) is 5.06. The van der Waals surface area contributed by atoms with Gasteiger partial charge in [0.05, 0.1) is 24.6 Å². The Morgan fingerprint density at radius 2 is 1.62 bits per heavy atom. The van der Waals surface area contributed by atoms with Gasteiger partial charge in [-0.05, 0) is 33.8 Å². The molecule has 0 saturated heterocycles. The third kappa shape index (κ3) is 14.5. The fourth-order valence-electron chi connectivity index (χ4n) is 1.74. The van der Waals surface area contributed by atoms with Crippen LogP contribution in [0.25, 0.3) is 6.08 Å². The average Bonchev–Trinajstić information content (AvgIpc) is 3.29. The summed E-state index contributed by atoms with van der Waals surface area (Å²) < 4.78 is 9.53. The molecular weight excluding hydrogens is 412 g/mol. The molecule has 2 rings (SSSR count). The lowest BCUT2D eigenvalue weighted by atomic mass is 10.3. The molecule has 0 atom stereocenters. The molecule has 1 N–H and O–H groups in total. The lowest BCUT2D eigenvalue weighted by Crippen LogP contribution is -2.04. The highest BCUT2D eigenvalue weighted by molar-refractivity contribution is 7.12. The van der Waals surface area contributed by atoms with Crippen molar-refractivity contribution >= 4 is 40.7 Å². The van der Waals surface area contributed by atoms with Crippen molar-refractivity contribution in [2.75, 3.05) is 20.3 Å². The molecule has 29 heavy (non-hydrogen) atoms. The van der Waals surface area contributed by atoms with Crippen LogP contribution in [0.2, 0.25) is 0 Å². The average molecular weight is 445 g/mol. The van der Waals surface area contributed by atoms with E-state index in [2.05, 4.69) is 9.97 Å². The maximum absolute atomic E-state index is 11.0. The molecule has 2 heterocycles. The molecular formula is C20H32N2O5S2. The summed E-state index contributed by atoms with van der Waals surface area (Å²) in [6.07, 6.45) is 7.77. The Labute approximate surface area is 181 Å². The Hall–Kier alpha value is -2.10. The highest BCUT2D eigenvalue weighted by Gasteiger charge is 2.04. The standard InChI is InChI=1S/C9H13NO2S.C9H11NO2S.CH4O.CH4/c2*1-3-12-9(11)5-4-8-10-6-7(2)13-8;1-2;/h6H,3-5H2,1-2H3;4-6H,3H2,1-2H3;2H,1H3;1H4/b;5-4+;;. The quantitative estimate of drug-likeness (QED) is 0.504. The van der Waals surface area contributed by atoms with Crippen molar-refractivity contribution in [3.8, 4) is 0 Å². The number of aryl methyl sites for hydroxylation is 3. The number of aromatic nitrogens is 2. The Morgan fingerprint density at radius 3 is 2.10 bits per heavy atom. The zero-order chi connectivity index (χ0) is 21.4. The molecule has 0 fully saturated rings. The number of aliphatic hydroxyl groups is 1. The van der Waals surface area contributed by atoms with E-state index in [1.54, 1.807) is 41.9 Å². The number of nitrogens with zero attached hydrogens (tertiary/aromatic N) is 2. The van der Waals surface area contributed by atoms with Gasteiger partial charge in [0.2, 0.25) is 0 Å². The summed E-state index contributed by atoms with van der Waals surface area (Å²) in [7, 11) is 1.00. The van der Waals surface area contributed by atoms with E-state index in [0.29, 0.717) is 26.1 Å². The van der Waals surface area contributed by atoms with Gasteiger partial charge >= 0.3 is 11.9 Å². The van der Waals surface area contributed by atoms with Crippen molar-refractivity contribution in [3.63, 3.8) is 0 Å². The molecule has 0 bridgehead atoms. The van der Waals surface area contributed by atoms with Gasteiger partial charge < -0.3 is 14.6 Å². The highest BCUT2D eigenvalue weighted by atomic mass is 32.1. The minimum Gasteiger partial charge on any atom is -0.466 e. The first-order valence-electron chi connectivity index (χ1n) is 8.73. The van der Waals surface area contributed by atoms with Gasteiger partial charge in [-0.25, -0.2) is 14.8 Å². The topological polar surface area (TPSA) is 98.6 Å². The van der Waals surface area contributed by atoms with Crippen LogP contribution in [0.15, 0.2) is 18.5 Å². The van der Waals surface area contributed by atoms with Crippen molar-refractivity contribution in [2.45, 2.75) is 48.0 Å². The number of carbonyl (C=O) groups is 2. The monoisotopic (exact) mass is 444 g/mol. The van der Waals surface area contributed by atoms with Gasteiger partial charge in [0, 0.05) is 41.8 Å². The van der Waals surface area contributed by atoms with Crippen LogP contribution in [0.5, 0.6) is 0 Å². The maximum Gasteiger partial charge on any atom is 0.330 e. The van der Waals surface area contributed by atoms with Crippen LogP contribution in [0.4, 0.5) is 0 Å². The van der Waals surface area contributed by atoms with Crippen molar-refractivity contribution < 1.29 is 24.2 Å². The van der Waals surface area contributed by atoms with E-state index < -0.39 is 0 Å². The molecule has 0 aromatic carbocycles. The van der Waals surface area contributed by atoms with Crippen LogP contribution >= 0.6 is 22.7 Å². The number of hydrogen-bond acceptors (Lipinski definition) is 9. The molecule has 164 valence electrons. The first-order chi connectivity index (χ1) is 13.4. The summed E-state index contributed by atoms with van der Waals surface area (Å²) in [4.78, 5) is 32.4. The number of aliphatic hydroxyl groups excluding tert-OH is 1. The molecule has 2 aromatic rings. The van der Waals surface area contributed by atoms with Crippen LogP contribution in [0.3, 0.4) is 0 Å². The number of hydrogen-bond donors (Lipinski definition) is 1. The SMILES string of the molecule is C.CCOC(=O)/C=C/c1ncc(C)s1.CCOC(=O)CCc1ncc(C)s1.CO. The van der Waals surface area contributed by atoms with Gasteiger partial charge in [-0.3, -0.25) is 4.79 Å². The van der Waals surface area contributed by atoms with Crippen LogP contribution in [-0.4, -0.2) is 47.3 Å². The molecule has 0 unspecified atom stereocenters. The van der Waals surface area contributed by atoms with Crippen molar-refractivity contribution in [1.82, 2.24) is 9.97 Å². The Balaban J connectivity index is 0. The smallest absolute Gasteiger partial charge is 0.330 e. The van der Waals surface area contributed by atoms with E-state index in [1.807, 2.05) is 27.0 Å². The van der Waals surface area contributed by atoms with Crippen molar-refractivity contribution in [3.05, 3.63) is 38.2 Å². The molecule has 0 saturated carbocycles. The lowest BCUT2D eigenvalue weighted by Gasteiger charge is -1.98. The normalized spacial score (nSPS) is 9.45. The van der Waals surface area contributed by atoms with E-state index in [9.17, 15) is 9.59 Å². The Kier molecular flexibility index (Phi) is 18.0. The van der Waals surface area contributed by atoms with Crippen LogP contribution in [-0.2, 0) is 25.5 Å². The first kappa shape index (κ1) is 29.1. The minimum atomic E-state index is -0.324. The van der Waals surface area contributed by atoms with E-state index in [4.69, 9.17) is 14.6 Å². The number of ether oxygens (including phenoxy) is 2. The van der Waals surface area contributed by atoms with Crippen LogP contribution < -0.4 is 0 Å². The number of carbonyl (C=O) groups excluding carboxylic acids is 2. The van der Waals surface area contributed by atoms with Gasteiger partial charge in [0.1, 0.15) is 5.01 Å². The zero-order valence-electron chi connectivity index (χ0n) is 16.9. The van der Waals surface area contributed by atoms with Crippen molar-refractivity contribution in [1.29, 1.82) is 0 Å². The fraction of sp³-hybridized carbons (Fsp3) is 0.500. The number of thiazole rings is 2. The van der Waals surface area contributed by atoms with Gasteiger partial charge in [0.15, 0.2) is 0 Å². The molecule has 0 aliphatic heterocycles. The predicted molar refractivity (Wildman–Crippen MR) is 119 cm³/mol. The van der Waals surface area contributed by atoms with E-state index in [0.717, 1.165) is 22.0 Å². The molecule has 0 aliphatic carbocycles. The summed E-state index contributed by atoms with van der Waals surface area (Å²) in [5.74, 6) is -0.467. The third-order valence-electron chi connectivity index (χ3n) is 2.81. The number of esters is 2. The zero-order valence-corrected chi connectivity index (χ0v) is 18.6. The fourth-order valence-corrected chi connectivity index (χ4v) is 3.20. The first-order valence-corrected chi connectivity index (χ1v) is 10.4. The predicted octanol–water partition coefficient (Wildman–Crippen LogP) is 4.22. The van der Waals surface area contributed by atoms with Gasteiger partial charge in [-0.1, -0.05) is 7.43 Å². The molecule has 7 nitrogen and oxygen atoms in total. The lowest BCUT2D eigenvalue weighted by molar-refractivity contribution is -0.143. The summed E-state index contributed by atoms with van der Waals surface area (Å²) in [6.45, 7) is 8.42. The number of rotatable bonds is 7. The maximum atomic E-state index is 11.0. The van der Waals surface area contributed by atoms with Gasteiger partial charge in [-0.15, -0.1) is 22.7 Å².